The summed E-state index contributed by atoms with van der Waals surface area (Å²) in [5, 5.41) is 0. The van der Waals surface area contributed by atoms with Gasteiger partial charge in [0, 0.05) is 44.2 Å². The topological polar surface area (TPSA) is 69.7 Å². The third kappa shape index (κ3) is 4.90. The van der Waals surface area contributed by atoms with Gasteiger partial charge in [-0.05, 0) is 51.7 Å². The van der Waals surface area contributed by atoms with Crippen molar-refractivity contribution in [3.8, 4) is 0 Å². The van der Waals surface area contributed by atoms with Crippen molar-refractivity contribution in [3.63, 3.8) is 0 Å². The summed E-state index contributed by atoms with van der Waals surface area (Å²) in [6, 6.07) is 5.62. The number of piperazine rings is 1. The van der Waals surface area contributed by atoms with Crippen LogP contribution in [0, 0.1) is 11.7 Å². The van der Waals surface area contributed by atoms with Crippen molar-refractivity contribution in [2.75, 3.05) is 26.2 Å². The normalized spacial score (nSPS) is 24.5. The van der Waals surface area contributed by atoms with Crippen molar-refractivity contribution < 1.29 is 17.6 Å². The molecular formula is C20H30FN3O3S. The Labute approximate surface area is 167 Å². The molecule has 0 unspecified atom stereocenters. The zero-order chi connectivity index (χ0) is 20.3. The molecule has 1 amide bonds. The van der Waals surface area contributed by atoms with Gasteiger partial charge in [0.15, 0.2) is 0 Å². The molecule has 6 nitrogen and oxygen atoms in total. The number of nitrogens with zero attached hydrogens (tertiary/aromatic N) is 2. The molecule has 1 N–H and O–H groups in total. The molecule has 8 heteroatoms. The third-order valence-corrected chi connectivity index (χ3v) is 7.43. The third-order valence-electron chi connectivity index (χ3n) is 5.88. The van der Waals surface area contributed by atoms with Crippen LogP contribution in [-0.2, 0) is 14.8 Å². The van der Waals surface area contributed by atoms with Gasteiger partial charge in [-0.2, -0.15) is 0 Å². The van der Waals surface area contributed by atoms with E-state index in [0.717, 1.165) is 32.2 Å². The SMILES string of the molecule is CC(C)N1CCN(C(=O)[C@H]2CC[C@H](NS(=O)(=O)c3ccccc3F)CC2)CC1. The lowest BCUT2D eigenvalue weighted by Crippen LogP contribution is -2.52. The molecule has 0 spiro atoms. The Morgan fingerprint density at radius 1 is 1.07 bits per heavy atom. The minimum Gasteiger partial charge on any atom is -0.340 e. The average molecular weight is 412 g/mol. The number of benzene rings is 1. The molecule has 1 aliphatic carbocycles. The second kappa shape index (κ2) is 8.88. The predicted molar refractivity (Wildman–Crippen MR) is 106 cm³/mol. The molecule has 2 aliphatic rings. The highest BCUT2D eigenvalue weighted by atomic mass is 32.2. The zero-order valence-electron chi connectivity index (χ0n) is 16.6. The Morgan fingerprint density at radius 3 is 2.25 bits per heavy atom. The van der Waals surface area contributed by atoms with Gasteiger partial charge >= 0.3 is 0 Å². The summed E-state index contributed by atoms with van der Waals surface area (Å²) in [5.74, 6) is -0.599. The molecule has 28 heavy (non-hydrogen) atoms. The highest BCUT2D eigenvalue weighted by Gasteiger charge is 2.33. The number of carbonyl (C=O) groups is 1. The zero-order valence-corrected chi connectivity index (χ0v) is 17.4. The van der Waals surface area contributed by atoms with E-state index in [1.54, 1.807) is 0 Å². The van der Waals surface area contributed by atoms with E-state index in [1.165, 1.54) is 18.2 Å². The minimum absolute atomic E-state index is 0.0418. The fourth-order valence-electron chi connectivity index (χ4n) is 4.12. The molecule has 3 rings (SSSR count). The maximum atomic E-state index is 13.8. The summed E-state index contributed by atoms with van der Waals surface area (Å²) in [7, 11) is -3.89. The molecule has 1 aromatic carbocycles. The van der Waals surface area contributed by atoms with Crippen molar-refractivity contribution >= 4 is 15.9 Å². The molecule has 0 radical (unpaired) electrons. The van der Waals surface area contributed by atoms with Gasteiger partial charge < -0.3 is 4.90 Å². The van der Waals surface area contributed by atoms with Crippen LogP contribution in [0.4, 0.5) is 4.39 Å². The first-order chi connectivity index (χ1) is 13.3. The molecule has 2 fully saturated rings. The Kier molecular flexibility index (Phi) is 6.73. The molecule has 0 atom stereocenters. The standard InChI is InChI=1S/C20H30FN3O3S/c1-15(2)23-11-13-24(14-12-23)20(25)16-7-9-17(10-8-16)22-28(26,27)19-6-4-3-5-18(19)21/h3-6,15-17,22H,7-14H2,1-2H3/t16-,17-. The van der Waals surface area contributed by atoms with Crippen LogP contribution in [0.25, 0.3) is 0 Å². The number of sulfonamides is 1. The minimum atomic E-state index is -3.89. The predicted octanol–water partition coefficient (Wildman–Crippen LogP) is 2.22. The number of halogens is 1. The van der Waals surface area contributed by atoms with Gasteiger partial charge in [0.2, 0.25) is 15.9 Å². The van der Waals surface area contributed by atoms with Crippen LogP contribution in [0.15, 0.2) is 29.2 Å². The first-order valence-electron chi connectivity index (χ1n) is 10.1. The van der Waals surface area contributed by atoms with Gasteiger partial charge in [0.05, 0.1) is 0 Å². The number of hydrogen-bond donors (Lipinski definition) is 1. The first kappa shape index (κ1) is 21.2. The summed E-state index contributed by atoms with van der Waals surface area (Å²) in [6.45, 7) is 7.67. The van der Waals surface area contributed by atoms with E-state index in [2.05, 4.69) is 23.5 Å². The van der Waals surface area contributed by atoms with E-state index in [4.69, 9.17) is 0 Å². The van der Waals surface area contributed by atoms with Crippen molar-refractivity contribution in [2.24, 2.45) is 5.92 Å². The number of amides is 1. The summed E-state index contributed by atoms with van der Waals surface area (Å²) >= 11 is 0. The largest absolute Gasteiger partial charge is 0.340 e. The smallest absolute Gasteiger partial charge is 0.243 e. The Bertz CT molecular complexity index is 784. The highest BCUT2D eigenvalue weighted by molar-refractivity contribution is 7.89. The monoisotopic (exact) mass is 411 g/mol. The van der Waals surface area contributed by atoms with E-state index in [1.807, 2.05) is 4.90 Å². The van der Waals surface area contributed by atoms with Crippen LogP contribution >= 0.6 is 0 Å². The summed E-state index contributed by atoms with van der Waals surface area (Å²) in [5.41, 5.74) is 0. The lowest BCUT2D eigenvalue weighted by atomic mass is 9.85. The number of hydrogen-bond acceptors (Lipinski definition) is 4. The van der Waals surface area contributed by atoms with Gasteiger partial charge in [-0.3, -0.25) is 9.69 Å². The molecule has 1 aliphatic heterocycles. The van der Waals surface area contributed by atoms with Gasteiger partial charge in [0.25, 0.3) is 0 Å². The second-order valence-electron chi connectivity index (χ2n) is 8.06. The lowest BCUT2D eigenvalue weighted by molar-refractivity contribution is -0.138. The number of nitrogens with one attached hydrogen (secondary N) is 1. The van der Waals surface area contributed by atoms with Gasteiger partial charge in [-0.1, -0.05) is 12.1 Å². The van der Waals surface area contributed by atoms with E-state index in [9.17, 15) is 17.6 Å². The maximum Gasteiger partial charge on any atom is 0.243 e. The quantitative estimate of drug-likeness (QED) is 0.807. The lowest BCUT2D eigenvalue weighted by Gasteiger charge is -2.39. The van der Waals surface area contributed by atoms with Crippen molar-refractivity contribution in [2.45, 2.75) is 56.5 Å². The molecule has 0 aromatic heterocycles. The van der Waals surface area contributed by atoms with Crippen LogP contribution in [0.3, 0.4) is 0 Å². The van der Waals surface area contributed by atoms with E-state index in [0.29, 0.717) is 31.7 Å². The van der Waals surface area contributed by atoms with Gasteiger partial charge in [-0.25, -0.2) is 17.5 Å². The Morgan fingerprint density at radius 2 is 1.68 bits per heavy atom. The van der Waals surface area contributed by atoms with Gasteiger partial charge in [0.1, 0.15) is 10.7 Å². The Balaban J connectivity index is 1.51. The van der Waals surface area contributed by atoms with Crippen molar-refractivity contribution in [1.29, 1.82) is 0 Å². The fourth-order valence-corrected chi connectivity index (χ4v) is 5.50. The van der Waals surface area contributed by atoms with Crippen LogP contribution in [-0.4, -0.2) is 62.4 Å². The summed E-state index contributed by atoms with van der Waals surface area (Å²) in [6.07, 6.45) is 2.51. The van der Waals surface area contributed by atoms with E-state index >= 15 is 0 Å². The molecule has 1 saturated heterocycles. The summed E-state index contributed by atoms with van der Waals surface area (Å²) < 4.78 is 41.3. The molecule has 156 valence electrons. The fraction of sp³-hybridized carbons (Fsp3) is 0.650. The van der Waals surface area contributed by atoms with Crippen LogP contribution < -0.4 is 4.72 Å². The number of rotatable bonds is 5. The molecule has 1 heterocycles. The van der Waals surface area contributed by atoms with Crippen LogP contribution in [0.2, 0.25) is 0 Å². The van der Waals surface area contributed by atoms with Crippen molar-refractivity contribution in [3.05, 3.63) is 30.1 Å². The van der Waals surface area contributed by atoms with Gasteiger partial charge in [-0.15, -0.1) is 0 Å². The van der Waals surface area contributed by atoms with E-state index in [-0.39, 0.29) is 22.8 Å². The first-order valence-corrected chi connectivity index (χ1v) is 11.6. The second-order valence-corrected chi connectivity index (χ2v) is 9.74. The molecular weight excluding hydrogens is 381 g/mol. The Hall–Kier alpha value is -1.51. The van der Waals surface area contributed by atoms with E-state index < -0.39 is 15.8 Å². The van der Waals surface area contributed by atoms with Crippen LogP contribution in [0.1, 0.15) is 39.5 Å². The highest BCUT2D eigenvalue weighted by Crippen LogP contribution is 2.28. The average Bonchev–Trinajstić information content (AvgIpc) is 2.68. The maximum absolute atomic E-state index is 13.8. The number of carbonyl (C=O) groups excluding carboxylic acids is 1. The molecule has 1 saturated carbocycles. The summed E-state index contributed by atoms with van der Waals surface area (Å²) in [4.78, 5) is 16.8. The van der Waals surface area contributed by atoms with Crippen LogP contribution in [0.5, 0.6) is 0 Å². The molecule has 0 bridgehead atoms. The van der Waals surface area contributed by atoms with Crippen molar-refractivity contribution in [1.82, 2.24) is 14.5 Å². The molecule has 1 aromatic rings.